The van der Waals surface area contributed by atoms with Crippen LogP contribution in [0.25, 0.3) is 0 Å². The number of carbonyl (C=O) groups is 2. The lowest BCUT2D eigenvalue weighted by atomic mass is 10.1. The molecule has 28 heavy (non-hydrogen) atoms. The second-order valence-electron chi connectivity index (χ2n) is 6.39. The van der Waals surface area contributed by atoms with Gasteiger partial charge in [-0.25, -0.2) is 0 Å². The summed E-state index contributed by atoms with van der Waals surface area (Å²) in [5.74, 6) is -0.604. The van der Waals surface area contributed by atoms with Crippen molar-refractivity contribution in [2.75, 3.05) is 10.2 Å². The first-order chi connectivity index (χ1) is 13.7. The molecule has 0 aliphatic carbocycles. The first-order valence-electron chi connectivity index (χ1n) is 8.79. The van der Waals surface area contributed by atoms with E-state index in [1.807, 2.05) is 66.7 Å². The fourth-order valence-electron chi connectivity index (χ4n) is 3.43. The van der Waals surface area contributed by atoms with Gasteiger partial charge in [-0.05, 0) is 24.3 Å². The smallest absolute Gasteiger partial charge is 0.284 e. The number of nitrogens with one attached hydrogen (secondary N) is 1. The topological polar surface area (TPSA) is 74.1 Å². The molecule has 5 rings (SSSR count). The van der Waals surface area contributed by atoms with Crippen LogP contribution in [0.2, 0.25) is 0 Å². The highest BCUT2D eigenvalue weighted by Crippen LogP contribution is 2.35. The molecule has 0 aromatic heterocycles. The lowest BCUT2D eigenvalue weighted by molar-refractivity contribution is -0.112. The van der Waals surface area contributed by atoms with Gasteiger partial charge in [0.05, 0.1) is 11.4 Å². The van der Waals surface area contributed by atoms with Gasteiger partial charge in [-0.15, -0.1) is 10.2 Å². The molecule has 2 amide bonds. The van der Waals surface area contributed by atoms with Crippen molar-refractivity contribution in [3.63, 3.8) is 0 Å². The molecule has 0 atom stereocenters. The van der Waals surface area contributed by atoms with Gasteiger partial charge in [0.25, 0.3) is 11.8 Å². The van der Waals surface area contributed by atoms with Crippen molar-refractivity contribution in [1.29, 1.82) is 0 Å². The summed E-state index contributed by atoms with van der Waals surface area (Å²) in [6.45, 7) is 0. The maximum atomic E-state index is 13.1. The summed E-state index contributed by atoms with van der Waals surface area (Å²) in [4.78, 5) is 27.0. The second kappa shape index (κ2) is 6.28. The largest absolute Gasteiger partial charge is 0.320 e. The van der Waals surface area contributed by atoms with E-state index in [-0.39, 0.29) is 23.2 Å². The molecule has 3 aromatic carbocycles. The number of rotatable bonds is 2. The molecule has 0 spiro atoms. The van der Waals surface area contributed by atoms with Gasteiger partial charge in [0.15, 0.2) is 11.4 Å². The fraction of sp³-hybridized carbons (Fsp3) is 0. The Hall–Kier alpha value is -4.06. The van der Waals surface area contributed by atoms with Crippen LogP contribution in [-0.2, 0) is 9.59 Å². The van der Waals surface area contributed by atoms with Crippen molar-refractivity contribution < 1.29 is 9.59 Å². The maximum absolute atomic E-state index is 13.1. The Balaban J connectivity index is 1.61. The molecule has 2 heterocycles. The number of para-hydroxylation sites is 3. The van der Waals surface area contributed by atoms with Gasteiger partial charge in [-0.3, -0.25) is 14.5 Å². The minimum absolute atomic E-state index is 0.201. The first-order valence-corrected chi connectivity index (χ1v) is 8.79. The number of hydrogen-bond acceptors (Lipinski definition) is 4. The zero-order valence-corrected chi connectivity index (χ0v) is 14.7. The predicted molar refractivity (Wildman–Crippen MR) is 108 cm³/mol. The van der Waals surface area contributed by atoms with E-state index in [0.717, 1.165) is 11.4 Å². The Kier molecular flexibility index (Phi) is 3.62. The SMILES string of the molecule is O=C1Nc2ccccc2C1=NN=C1C(=O)N(c2ccccc2)c2ccccc21. The molecule has 6 heteroatoms. The maximum Gasteiger partial charge on any atom is 0.284 e. The minimum Gasteiger partial charge on any atom is -0.320 e. The quantitative estimate of drug-likeness (QED) is 0.705. The van der Waals surface area contributed by atoms with Crippen LogP contribution >= 0.6 is 0 Å². The van der Waals surface area contributed by atoms with Gasteiger partial charge in [0.1, 0.15) is 0 Å². The van der Waals surface area contributed by atoms with Gasteiger partial charge in [0, 0.05) is 16.8 Å². The Labute approximate surface area is 160 Å². The summed E-state index contributed by atoms with van der Waals surface area (Å²) in [6.07, 6.45) is 0. The summed E-state index contributed by atoms with van der Waals surface area (Å²) < 4.78 is 0. The summed E-state index contributed by atoms with van der Waals surface area (Å²) in [7, 11) is 0. The summed E-state index contributed by atoms with van der Waals surface area (Å²) in [5, 5.41) is 11.1. The zero-order chi connectivity index (χ0) is 19.1. The molecule has 0 radical (unpaired) electrons. The normalized spacial score (nSPS) is 17.8. The number of anilines is 3. The Morgan fingerprint density at radius 3 is 2.14 bits per heavy atom. The van der Waals surface area contributed by atoms with Crippen molar-refractivity contribution in [3.8, 4) is 0 Å². The van der Waals surface area contributed by atoms with Crippen molar-refractivity contribution in [2.24, 2.45) is 10.2 Å². The van der Waals surface area contributed by atoms with Crippen LogP contribution in [0.5, 0.6) is 0 Å². The molecule has 0 saturated carbocycles. The van der Waals surface area contributed by atoms with Gasteiger partial charge in [-0.1, -0.05) is 54.6 Å². The highest BCUT2D eigenvalue weighted by atomic mass is 16.2. The monoisotopic (exact) mass is 366 g/mol. The van der Waals surface area contributed by atoms with Crippen LogP contribution < -0.4 is 10.2 Å². The summed E-state index contributed by atoms with van der Waals surface area (Å²) in [5.41, 5.74) is 3.96. The number of hydrogen-bond donors (Lipinski definition) is 1. The van der Waals surface area contributed by atoms with E-state index in [2.05, 4.69) is 15.5 Å². The lowest BCUT2D eigenvalue weighted by Crippen LogP contribution is -2.25. The van der Waals surface area contributed by atoms with Gasteiger partial charge < -0.3 is 5.32 Å². The Bertz CT molecular complexity index is 1180. The minimum atomic E-state index is -0.329. The van der Waals surface area contributed by atoms with Crippen LogP contribution in [-0.4, -0.2) is 23.2 Å². The van der Waals surface area contributed by atoms with Gasteiger partial charge in [0.2, 0.25) is 0 Å². The highest BCUT2D eigenvalue weighted by molar-refractivity contribution is 6.56. The van der Waals surface area contributed by atoms with Crippen LogP contribution in [0.3, 0.4) is 0 Å². The molecule has 134 valence electrons. The number of nitrogens with zero attached hydrogens (tertiary/aromatic N) is 3. The van der Waals surface area contributed by atoms with E-state index in [1.54, 1.807) is 17.0 Å². The molecular formula is C22H14N4O2. The van der Waals surface area contributed by atoms with E-state index in [4.69, 9.17) is 0 Å². The molecular weight excluding hydrogens is 352 g/mol. The van der Waals surface area contributed by atoms with E-state index in [1.165, 1.54) is 0 Å². The van der Waals surface area contributed by atoms with Crippen molar-refractivity contribution in [1.82, 2.24) is 0 Å². The van der Waals surface area contributed by atoms with Gasteiger partial charge in [-0.2, -0.15) is 0 Å². The third-order valence-electron chi connectivity index (χ3n) is 4.72. The average molecular weight is 366 g/mol. The Morgan fingerprint density at radius 1 is 0.679 bits per heavy atom. The van der Waals surface area contributed by atoms with E-state index in [0.29, 0.717) is 16.8 Å². The first kappa shape index (κ1) is 16.1. The predicted octanol–water partition coefficient (Wildman–Crippen LogP) is 3.51. The molecule has 0 fully saturated rings. The van der Waals surface area contributed by atoms with E-state index < -0.39 is 0 Å². The van der Waals surface area contributed by atoms with Crippen LogP contribution in [0.1, 0.15) is 11.1 Å². The number of carbonyl (C=O) groups excluding carboxylic acids is 2. The number of fused-ring (bicyclic) bond motifs is 2. The summed E-state index contributed by atoms with van der Waals surface area (Å²) in [6, 6.07) is 24.1. The lowest BCUT2D eigenvalue weighted by Gasteiger charge is -2.16. The number of benzene rings is 3. The van der Waals surface area contributed by atoms with Crippen molar-refractivity contribution in [3.05, 3.63) is 90.0 Å². The number of amides is 2. The fourth-order valence-corrected chi connectivity index (χ4v) is 3.43. The third-order valence-corrected chi connectivity index (χ3v) is 4.72. The van der Waals surface area contributed by atoms with Crippen LogP contribution in [0.4, 0.5) is 17.1 Å². The van der Waals surface area contributed by atoms with Crippen molar-refractivity contribution >= 4 is 40.3 Å². The van der Waals surface area contributed by atoms with Crippen LogP contribution in [0, 0.1) is 0 Å². The third kappa shape index (κ3) is 2.43. The van der Waals surface area contributed by atoms with Crippen LogP contribution in [0.15, 0.2) is 89.1 Å². The molecule has 0 unspecified atom stereocenters. The molecule has 2 aliphatic heterocycles. The molecule has 1 N–H and O–H groups in total. The molecule has 2 aliphatic rings. The standard InChI is InChI=1S/C22H14N4O2/c27-21-19(15-10-4-6-12-17(15)23-21)24-25-20-16-11-5-7-13-18(16)26(22(20)28)14-8-2-1-3-9-14/h1-13H,(H,23,24,27). The average Bonchev–Trinajstić information content (AvgIpc) is 3.20. The van der Waals surface area contributed by atoms with Crippen molar-refractivity contribution in [2.45, 2.75) is 0 Å². The molecule has 0 bridgehead atoms. The molecule has 3 aromatic rings. The molecule has 0 saturated heterocycles. The highest BCUT2D eigenvalue weighted by Gasteiger charge is 2.35. The van der Waals surface area contributed by atoms with E-state index >= 15 is 0 Å². The zero-order valence-electron chi connectivity index (χ0n) is 14.7. The molecule has 6 nitrogen and oxygen atoms in total. The second-order valence-corrected chi connectivity index (χ2v) is 6.39. The summed E-state index contributed by atoms with van der Waals surface area (Å²) >= 11 is 0. The van der Waals surface area contributed by atoms with Gasteiger partial charge >= 0.3 is 0 Å². The Morgan fingerprint density at radius 2 is 1.32 bits per heavy atom. The van der Waals surface area contributed by atoms with E-state index in [9.17, 15) is 9.59 Å².